The molecule has 2 aromatic carbocycles. The molecule has 0 radical (unpaired) electrons. The van der Waals surface area contributed by atoms with E-state index in [1.165, 1.54) is 19.1 Å². The molecule has 188 valence electrons. The lowest BCUT2D eigenvalue weighted by Gasteiger charge is -2.41. The number of halogens is 3. The van der Waals surface area contributed by atoms with Gasteiger partial charge in [0.05, 0.1) is 44.6 Å². The van der Waals surface area contributed by atoms with Gasteiger partial charge in [0.25, 0.3) is 0 Å². The van der Waals surface area contributed by atoms with E-state index in [1.807, 2.05) is 6.07 Å². The molecule has 0 saturated heterocycles. The van der Waals surface area contributed by atoms with E-state index >= 15 is 0 Å². The molecule has 0 unspecified atom stereocenters. The largest absolute Gasteiger partial charge is 0.416 e. The SMILES string of the molecule is [C-]#[N+]C1=C(C)N(c2cccc(C(F)(F)F)c2)C(=O)N(S(C)(=O)=O)[C@@H]1c1ccc(C#N)cc1[S@](C)(=N)=O. The summed E-state index contributed by atoms with van der Waals surface area (Å²) in [4.78, 5) is 17.4. The van der Waals surface area contributed by atoms with Gasteiger partial charge in [0.2, 0.25) is 15.7 Å². The number of benzene rings is 2. The third-order valence-electron chi connectivity index (χ3n) is 5.35. The summed E-state index contributed by atoms with van der Waals surface area (Å²) in [6, 6.07) is 6.10. The number of urea groups is 1. The van der Waals surface area contributed by atoms with Gasteiger partial charge in [-0.15, -0.1) is 0 Å². The Morgan fingerprint density at radius 2 is 1.78 bits per heavy atom. The van der Waals surface area contributed by atoms with E-state index in [0.717, 1.165) is 30.5 Å². The van der Waals surface area contributed by atoms with Gasteiger partial charge in [-0.05, 0) is 42.8 Å². The highest BCUT2D eigenvalue weighted by molar-refractivity contribution is 7.91. The Balaban J connectivity index is 2.40. The van der Waals surface area contributed by atoms with Crippen molar-refractivity contribution in [1.29, 1.82) is 10.0 Å². The third kappa shape index (κ3) is 4.78. The predicted molar refractivity (Wildman–Crippen MR) is 124 cm³/mol. The number of amides is 2. The normalized spacial score (nSPS) is 18.4. The molecule has 0 bridgehead atoms. The minimum Gasteiger partial charge on any atom is -0.277 e. The highest BCUT2D eigenvalue weighted by Crippen LogP contribution is 2.44. The molecule has 9 nitrogen and oxygen atoms in total. The molecule has 2 atom stereocenters. The highest BCUT2D eigenvalue weighted by atomic mass is 32.2. The molecule has 0 spiro atoms. The van der Waals surface area contributed by atoms with Gasteiger partial charge >= 0.3 is 12.2 Å². The number of nitrogens with zero attached hydrogens (tertiary/aromatic N) is 4. The average molecular weight is 538 g/mol. The Labute approximate surface area is 205 Å². The zero-order chi connectivity index (χ0) is 27.2. The quantitative estimate of drug-likeness (QED) is 0.566. The minimum atomic E-state index is -4.75. The molecule has 2 amide bonds. The maximum Gasteiger partial charge on any atom is 0.416 e. The van der Waals surface area contributed by atoms with Crippen molar-refractivity contribution in [2.75, 3.05) is 17.4 Å². The van der Waals surface area contributed by atoms with Gasteiger partial charge < -0.3 is 0 Å². The number of anilines is 1. The zero-order valence-corrected chi connectivity index (χ0v) is 20.6. The van der Waals surface area contributed by atoms with Crippen LogP contribution in [0.2, 0.25) is 0 Å². The molecule has 0 aliphatic carbocycles. The van der Waals surface area contributed by atoms with Crippen LogP contribution >= 0.6 is 0 Å². The van der Waals surface area contributed by atoms with Crippen LogP contribution in [0.25, 0.3) is 4.85 Å². The van der Waals surface area contributed by atoms with E-state index in [0.29, 0.717) is 21.5 Å². The first-order chi connectivity index (χ1) is 16.5. The van der Waals surface area contributed by atoms with Crippen molar-refractivity contribution >= 4 is 31.5 Å². The van der Waals surface area contributed by atoms with Crippen LogP contribution in [0.5, 0.6) is 0 Å². The van der Waals surface area contributed by atoms with E-state index in [1.54, 1.807) is 0 Å². The number of carbonyl (C=O) groups excluding carboxylic acids is 1. The molecule has 1 N–H and O–H groups in total. The Morgan fingerprint density at radius 1 is 1.14 bits per heavy atom. The highest BCUT2D eigenvalue weighted by Gasteiger charge is 2.46. The standard InChI is InChI=1S/C22H18F3N5O4S2/c1-13-19(28-2)20(17-9-8-14(12-26)10-18(17)35(3,27)32)30(36(4,33)34)21(31)29(13)16-7-5-6-15(11-16)22(23,24)25/h5-11,20,27H,1,3-4H3/t20-,35-/m1/s1. The van der Waals surface area contributed by atoms with Gasteiger partial charge in [0, 0.05) is 17.6 Å². The predicted octanol–water partition coefficient (Wildman–Crippen LogP) is 4.71. The van der Waals surface area contributed by atoms with Crippen molar-refractivity contribution < 1.29 is 30.6 Å². The first-order valence-corrected chi connectivity index (χ1v) is 13.7. The minimum absolute atomic E-state index is 0.0132. The first kappa shape index (κ1) is 26.7. The maximum absolute atomic E-state index is 13.6. The van der Waals surface area contributed by atoms with Crippen molar-refractivity contribution in [3.8, 4) is 6.07 Å². The van der Waals surface area contributed by atoms with Gasteiger partial charge in [-0.25, -0.2) is 31.4 Å². The molecule has 0 saturated carbocycles. The number of sulfonamides is 1. The molecule has 1 aliphatic rings. The van der Waals surface area contributed by atoms with Crippen LogP contribution in [0.3, 0.4) is 0 Å². The number of carbonyl (C=O) groups is 1. The summed E-state index contributed by atoms with van der Waals surface area (Å²) in [6.45, 7) is 8.99. The Bertz CT molecular complexity index is 1600. The number of allylic oxidation sites excluding steroid dienone is 1. The van der Waals surface area contributed by atoms with E-state index in [9.17, 15) is 35.9 Å². The second kappa shape index (κ2) is 8.96. The van der Waals surface area contributed by atoms with Crippen LogP contribution < -0.4 is 4.90 Å². The number of hydrogen-bond acceptors (Lipinski definition) is 6. The van der Waals surface area contributed by atoms with Crippen molar-refractivity contribution in [2.45, 2.75) is 24.0 Å². The van der Waals surface area contributed by atoms with Crippen LogP contribution in [0, 0.1) is 22.7 Å². The molecule has 0 aromatic heterocycles. The second-order valence-corrected chi connectivity index (χ2v) is 11.9. The fourth-order valence-corrected chi connectivity index (χ4v) is 5.76. The summed E-state index contributed by atoms with van der Waals surface area (Å²) in [5.74, 6) is 0. The number of alkyl halides is 3. The van der Waals surface area contributed by atoms with Gasteiger partial charge in [0.1, 0.15) is 6.04 Å². The Kier molecular flexibility index (Phi) is 6.65. The molecule has 3 rings (SSSR count). The first-order valence-electron chi connectivity index (χ1n) is 9.89. The monoisotopic (exact) mass is 537 g/mol. The van der Waals surface area contributed by atoms with Gasteiger partial charge in [-0.3, -0.25) is 4.90 Å². The fourth-order valence-electron chi connectivity index (χ4n) is 3.82. The van der Waals surface area contributed by atoms with Gasteiger partial charge in [-0.2, -0.15) is 18.4 Å². The fraction of sp³-hybridized carbons (Fsp3) is 0.227. The molecule has 1 aliphatic heterocycles. The van der Waals surface area contributed by atoms with E-state index in [4.69, 9.17) is 11.4 Å². The summed E-state index contributed by atoms with van der Waals surface area (Å²) in [5, 5.41) is 9.22. The topological polar surface area (TPSA) is 127 Å². The number of hydrogen-bond donors (Lipinski definition) is 1. The van der Waals surface area contributed by atoms with Crippen molar-refractivity contribution in [1.82, 2.24) is 4.31 Å². The van der Waals surface area contributed by atoms with Crippen molar-refractivity contribution in [3.63, 3.8) is 0 Å². The summed E-state index contributed by atoms with van der Waals surface area (Å²) in [5.41, 5.74) is -2.04. The van der Waals surface area contributed by atoms with Crippen LogP contribution in [0.15, 0.2) is 58.8 Å². The maximum atomic E-state index is 13.6. The van der Waals surface area contributed by atoms with E-state index in [2.05, 4.69) is 4.85 Å². The van der Waals surface area contributed by atoms with Gasteiger partial charge in [-0.1, -0.05) is 12.1 Å². The molecular weight excluding hydrogens is 519 g/mol. The van der Waals surface area contributed by atoms with Crippen LogP contribution in [-0.4, -0.2) is 35.5 Å². The van der Waals surface area contributed by atoms with E-state index < -0.39 is 43.6 Å². The Hall–Kier alpha value is -3.88. The molecule has 14 heteroatoms. The molecule has 0 fully saturated rings. The van der Waals surface area contributed by atoms with Crippen LogP contribution in [0.4, 0.5) is 23.7 Å². The summed E-state index contributed by atoms with van der Waals surface area (Å²) >= 11 is 0. The third-order valence-corrected chi connectivity index (χ3v) is 7.62. The van der Waals surface area contributed by atoms with Gasteiger partial charge in [0.15, 0.2) is 0 Å². The molecule has 1 heterocycles. The molecular formula is C22H18F3N5O4S2. The smallest absolute Gasteiger partial charge is 0.277 e. The lowest BCUT2D eigenvalue weighted by Crippen LogP contribution is -2.51. The number of rotatable bonds is 4. The molecule has 2 aromatic rings. The molecule has 36 heavy (non-hydrogen) atoms. The number of nitrogens with one attached hydrogen (secondary N) is 1. The number of nitriles is 1. The van der Waals surface area contributed by atoms with E-state index in [-0.39, 0.29) is 33.1 Å². The lowest BCUT2D eigenvalue weighted by molar-refractivity contribution is -0.137. The summed E-state index contributed by atoms with van der Waals surface area (Å²) in [6.07, 6.45) is -3.04. The van der Waals surface area contributed by atoms with Crippen LogP contribution in [-0.2, 0) is 25.9 Å². The zero-order valence-electron chi connectivity index (χ0n) is 19.0. The Morgan fingerprint density at radius 3 is 2.28 bits per heavy atom. The second-order valence-electron chi connectivity index (χ2n) is 7.92. The summed E-state index contributed by atoms with van der Waals surface area (Å²) < 4.78 is 86.7. The van der Waals surface area contributed by atoms with Crippen LogP contribution in [0.1, 0.15) is 29.7 Å². The van der Waals surface area contributed by atoms with Crippen molar-refractivity contribution in [3.05, 3.63) is 82.0 Å². The lowest BCUT2D eigenvalue weighted by atomic mass is 9.98. The average Bonchev–Trinajstić information content (AvgIpc) is 2.76. The summed E-state index contributed by atoms with van der Waals surface area (Å²) in [7, 11) is -8.06. The van der Waals surface area contributed by atoms with Crippen molar-refractivity contribution in [2.24, 2.45) is 0 Å².